The van der Waals surface area contributed by atoms with Gasteiger partial charge in [-0.15, -0.1) is 0 Å². The molecule has 150 valence electrons. The van der Waals surface area contributed by atoms with E-state index in [1.165, 1.54) is 6.08 Å². The summed E-state index contributed by atoms with van der Waals surface area (Å²) in [5.74, 6) is 0.716. The summed E-state index contributed by atoms with van der Waals surface area (Å²) in [6.07, 6.45) is 3.49. The number of nitrogens with one attached hydrogen (secondary N) is 1. The van der Waals surface area contributed by atoms with Gasteiger partial charge >= 0.3 is 0 Å². The molecule has 0 bridgehead atoms. The van der Waals surface area contributed by atoms with Crippen LogP contribution in [0.3, 0.4) is 0 Å². The minimum Gasteiger partial charge on any atom is -0.493 e. The Bertz CT molecular complexity index is 897. The molecule has 1 saturated heterocycles. The highest BCUT2D eigenvalue weighted by Gasteiger charge is 2.17. The first-order valence-electron chi connectivity index (χ1n) is 9.56. The topological polar surface area (TPSA) is 80.6 Å². The molecule has 0 radical (unpaired) electrons. The Morgan fingerprint density at radius 3 is 2.79 bits per heavy atom. The third-order valence-corrected chi connectivity index (χ3v) is 4.62. The van der Waals surface area contributed by atoms with Crippen molar-refractivity contribution in [2.75, 3.05) is 20.3 Å². The van der Waals surface area contributed by atoms with E-state index in [-0.39, 0.29) is 11.7 Å². The minimum atomic E-state index is -0.411. The Balaban J connectivity index is 1.66. The first-order valence-corrected chi connectivity index (χ1v) is 9.56. The largest absolute Gasteiger partial charge is 0.493 e. The van der Waals surface area contributed by atoms with Crippen molar-refractivity contribution in [1.82, 2.24) is 5.32 Å². The lowest BCUT2D eigenvalue weighted by molar-refractivity contribution is -0.117. The molecule has 1 N–H and O–H groups in total. The quantitative estimate of drug-likeness (QED) is 0.550. The van der Waals surface area contributed by atoms with Gasteiger partial charge in [0.05, 0.1) is 13.2 Å². The van der Waals surface area contributed by atoms with Crippen molar-refractivity contribution in [3.05, 3.63) is 65.2 Å². The number of nitriles is 1. The highest BCUT2D eigenvalue weighted by atomic mass is 16.5. The van der Waals surface area contributed by atoms with Crippen LogP contribution in [0.25, 0.3) is 6.08 Å². The van der Waals surface area contributed by atoms with E-state index in [0.717, 1.165) is 25.0 Å². The van der Waals surface area contributed by atoms with Gasteiger partial charge in [-0.2, -0.15) is 5.26 Å². The number of rotatable bonds is 8. The number of hydrogen-bond donors (Lipinski definition) is 1. The van der Waals surface area contributed by atoms with E-state index in [4.69, 9.17) is 14.2 Å². The molecule has 1 heterocycles. The Hall–Kier alpha value is -3.30. The number of methoxy groups -OCH3 is 1. The van der Waals surface area contributed by atoms with Gasteiger partial charge in [0.1, 0.15) is 18.2 Å². The monoisotopic (exact) mass is 392 g/mol. The molecule has 1 unspecified atom stereocenters. The zero-order valence-corrected chi connectivity index (χ0v) is 16.4. The van der Waals surface area contributed by atoms with Crippen molar-refractivity contribution in [3.63, 3.8) is 0 Å². The number of amides is 1. The summed E-state index contributed by atoms with van der Waals surface area (Å²) < 4.78 is 16.7. The molecule has 6 heteroatoms. The standard InChI is InChI=1S/C23H24N2O4/c1-27-22-13-18(9-10-21(22)29-16-17-6-3-2-4-7-17)12-19(14-24)23(26)25-15-20-8-5-11-28-20/h2-4,6-7,9-10,12-13,20H,5,8,11,15-16H2,1H3,(H,25,26)/b19-12+. The summed E-state index contributed by atoms with van der Waals surface area (Å²) in [6, 6.07) is 17.1. The lowest BCUT2D eigenvalue weighted by Gasteiger charge is -2.12. The second kappa shape index (κ2) is 10.3. The number of carbonyl (C=O) groups is 1. The summed E-state index contributed by atoms with van der Waals surface area (Å²) in [6.45, 7) is 1.55. The van der Waals surface area contributed by atoms with Crippen molar-refractivity contribution >= 4 is 12.0 Å². The van der Waals surface area contributed by atoms with E-state index in [9.17, 15) is 10.1 Å². The van der Waals surface area contributed by atoms with Crippen LogP contribution in [0.4, 0.5) is 0 Å². The number of hydrogen-bond acceptors (Lipinski definition) is 5. The van der Waals surface area contributed by atoms with E-state index >= 15 is 0 Å². The molecule has 29 heavy (non-hydrogen) atoms. The molecule has 1 aliphatic heterocycles. The molecule has 0 aliphatic carbocycles. The van der Waals surface area contributed by atoms with Crippen LogP contribution in [0.15, 0.2) is 54.1 Å². The fourth-order valence-corrected chi connectivity index (χ4v) is 3.05. The van der Waals surface area contributed by atoms with Crippen molar-refractivity contribution in [3.8, 4) is 17.6 Å². The summed E-state index contributed by atoms with van der Waals surface area (Å²) in [4.78, 5) is 12.3. The lowest BCUT2D eigenvalue weighted by atomic mass is 10.1. The highest BCUT2D eigenvalue weighted by Crippen LogP contribution is 2.29. The van der Waals surface area contributed by atoms with Gasteiger partial charge in [-0.3, -0.25) is 4.79 Å². The fourth-order valence-electron chi connectivity index (χ4n) is 3.05. The molecule has 2 aromatic rings. The first kappa shape index (κ1) is 20.4. The maximum atomic E-state index is 12.3. The molecule has 2 aromatic carbocycles. The highest BCUT2D eigenvalue weighted by molar-refractivity contribution is 6.01. The molecule has 0 saturated carbocycles. The van der Waals surface area contributed by atoms with Gasteiger partial charge in [-0.05, 0) is 42.2 Å². The molecule has 1 atom stereocenters. The Morgan fingerprint density at radius 1 is 1.28 bits per heavy atom. The summed E-state index contributed by atoms with van der Waals surface area (Å²) in [7, 11) is 1.55. The molecule has 0 aromatic heterocycles. The molecule has 3 rings (SSSR count). The normalized spacial score (nSPS) is 16.1. The van der Waals surface area contributed by atoms with Crippen LogP contribution in [0.5, 0.6) is 11.5 Å². The van der Waals surface area contributed by atoms with Crippen molar-refractivity contribution in [2.45, 2.75) is 25.6 Å². The van der Waals surface area contributed by atoms with E-state index in [0.29, 0.717) is 30.2 Å². The molecule has 0 spiro atoms. The zero-order valence-electron chi connectivity index (χ0n) is 16.4. The van der Waals surface area contributed by atoms with E-state index in [1.807, 2.05) is 36.4 Å². The maximum absolute atomic E-state index is 12.3. The lowest BCUT2D eigenvalue weighted by Crippen LogP contribution is -2.32. The van der Waals surface area contributed by atoms with Crippen LogP contribution >= 0.6 is 0 Å². The van der Waals surface area contributed by atoms with Gasteiger partial charge in [0.2, 0.25) is 0 Å². The third kappa shape index (κ3) is 5.84. The predicted molar refractivity (Wildman–Crippen MR) is 109 cm³/mol. The molecule has 1 amide bonds. The molecular weight excluding hydrogens is 368 g/mol. The molecule has 1 fully saturated rings. The summed E-state index contributed by atoms with van der Waals surface area (Å²) >= 11 is 0. The van der Waals surface area contributed by atoms with E-state index in [2.05, 4.69) is 5.32 Å². The van der Waals surface area contributed by atoms with Gasteiger partial charge in [0.15, 0.2) is 11.5 Å². The van der Waals surface area contributed by atoms with Crippen LogP contribution in [0.2, 0.25) is 0 Å². The smallest absolute Gasteiger partial charge is 0.262 e. The molecule has 1 aliphatic rings. The van der Waals surface area contributed by atoms with Crippen LogP contribution in [0, 0.1) is 11.3 Å². The fraction of sp³-hybridized carbons (Fsp3) is 0.304. The molecular formula is C23H24N2O4. The zero-order chi connectivity index (χ0) is 20.5. The van der Waals surface area contributed by atoms with Gasteiger partial charge in [-0.25, -0.2) is 0 Å². The first-order chi connectivity index (χ1) is 14.2. The van der Waals surface area contributed by atoms with Crippen molar-refractivity contribution in [1.29, 1.82) is 5.26 Å². The predicted octanol–water partition coefficient (Wildman–Crippen LogP) is 3.48. The summed E-state index contributed by atoms with van der Waals surface area (Å²) in [5.41, 5.74) is 1.76. The van der Waals surface area contributed by atoms with Gasteiger partial charge < -0.3 is 19.5 Å². The van der Waals surface area contributed by atoms with Crippen molar-refractivity contribution in [2.24, 2.45) is 0 Å². The van der Waals surface area contributed by atoms with E-state index in [1.54, 1.807) is 25.3 Å². The Kier molecular flexibility index (Phi) is 7.26. The van der Waals surface area contributed by atoms with Crippen LogP contribution < -0.4 is 14.8 Å². The number of nitrogens with zero attached hydrogens (tertiary/aromatic N) is 1. The van der Waals surface area contributed by atoms with Crippen LogP contribution in [-0.2, 0) is 16.1 Å². The van der Waals surface area contributed by atoms with E-state index < -0.39 is 5.91 Å². The molecule has 6 nitrogen and oxygen atoms in total. The Labute approximate surface area is 170 Å². The number of benzene rings is 2. The van der Waals surface area contributed by atoms with Crippen LogP contribution in [-0.4, -0.2) is 32.3 Å². The average molecular weight is 392 g/mol. The van der Waals surface area contributed by atoms with Gasteiger partial charge in [0.25, 0.3) is 5.91 Å². The number of ether oxygens (including phenoxy) is 3. The second-order valence-corrected chi connectivity index (χ2v) is 6.70. The average Bonchev–Trinajstić information content (AvgIpc) is 3.29. The second-order valence-electron chi connectivity index (χ2n) is 6.70. The number of carbonyl (C=O) groups excluding carboxylic acids is 1. The van der Waals surface area contributed by atoms with Crippen molar-refractivity contribution < 1.29 is 19.0 Å². The summed E-state index contributed by atoms with van der Waals surface area (Å²) in [5, 5.41) is 12.1. The Morgan fingerprint density at radius 2 is 2.10 bits per heavy atom. The van der Waals surface area contributed by atoms with Crippen LogP contribution in [0.1, 0.15) is 24.0 Å². The van der Waals surface area contributed by atoms with Gasteiger partial charge in [0, 0.05) is 13.2 Å². The third-order valence-electron chi connectivity index (χ3n) is 4.62. The minimum absolute atomic E-state index is 0.0278. The van der Waals surface area contributed by atoms with Gasteiger partial charge in [-0.1, -0.05) is 36.4 Å². The SMILES string of the molecule is COc1cc(/C=C(\C#N)C(=O)NCC2CCCO2)ccc1OCc1ccccc1. The maximum Gasteiger partial charge on any atom is 0.262 e.